The first-order chi connectivity index (χ1) is 11.5. The van der Waals surface area contributed by atoms with Gasteiger partial charge < -0.3 is 19.9 Å². The molecule has 0 saturated carbocycles. The molecule has 2 aromatic carbocycles. The average Bonchev–Trinajstić information content (AvgIpc) is 2.57. The van der Waals surface area contributed by atoms with Crippen LogP contribution in [0.4, 0.5) is 0 Å². The fourth-order valence-corrected chi connectivity index (χ4v) is 2.18. The molecule has 0 aromatic heterocycles. The molecule has 2 N–H and O–H groups in total. The third kappa shape index (κ3) is 4.89. The van der Waals surface area contributed by atoms with E-state index >= 15 is 0 Å². The molecule has 0 aliphatic heterocycles. The molecule has 0 aliphatic rings. The van der Waals surface area contributed by atoms with Gasteiger partial charge in [-0.1, -0.05) is 23.7 Å². The van der Waals surface area contributed by atoms with Crippen molar-refractivity contribution < 1.29 is 24.2 Å². The molecule has 6 nitrogen and oxygen atoms in total. The first-order valence-electron chi connectivity index (χ1n) is 7.05. The maximum Gasteiger partial charge on any atom is 0.339 e. The van der Waals surface area contributed by atoms with Gasteiger partial charge in [-0.3, -0.25) is 4.79 Å². The Morgan fingerprint density at radius 1 is 1.21 bits per heavy atom. The van der Waals surface area contributed by atoms with Gasteiger partial charge in [0.05, 0.1) is 7.11 Å². The Balaban J connectivity index is 1.95. The molecule has 0 heterocycles. The number of ether oxygens (including phenoxy) is 2. The molecule has 2 rings (SSSR count). The molecule has 0 radical (unpaired) electrons. The van der Waals surface area contributed by atoms with Gasteiger partial charge in [-0.2, -0.15) is 0 Å². The molecule has 126 valence electrons. The number of aromatic carboxylic acids is 1. The van der Waals surface area contributed by atoms with E-state index in [1.54, 1.807) is 18.2 Å². The summed E-state index contributed by atoms with van der Waals surface area (Å²) >= 11 is 5.87. The second-order valence-corrected chi connectivity index (χ2v) is 5.30. The van der Waals surface area contributed by atoms with Gasteiger partial charge in [-0.25, -0.2) is 4.79 Å². The Morgan fingerprint density at radius 3 is 2.67 bits per heavy atom. The number of carbonyl (C=O) groups is 2. The highest BCUT2D eigenvalue weighted by molar-refractivity contribution is 6.30. The van der Waals surface area contributed by atoms with Crippen molar-refractivity contribution >= 4 is 23.5 Å². The lowest BCUT2D eigenvalue weighted by Gasteiger charge is -2.11. The lowest BCUT2D eigenvalue weighted by Crippen LogP contribution is -2.28. The summed E-state index contributed by atoms with van der Waals surface area (Å²) in [4.78, 5) is 23.0. The molecule has 0 bridgehead atoms. The Morgan fingerprint density at radius 2 is 2.00 bits per heavy atom. The standard InChI is InChI=1S/C17H16ClNO5/c1-23-13-5-6-14(17(21)22)15(8-13)24-10-16(20)19-9-11-3-2-4-12(18)7-11/h2-8H,9-10H2,1H3,(H,19,20)(H,21,22). The SMILES string of the molecule is COc1ccc(C(=O)O)c(OCC(=O)NCc2cccc(Cl)c2)c1. The van der Waals surface area contributed by atoms with Crippen molar-refractivity contribution in [3.63, 3.8) is 0 Å². The Bertz CT molecular complexity index is 748. The highest BCUT2D eigenvalue weighted by Crippen LogP contribution is 2.24. The molecule has 7 heteroatoms. The third-order valence-corrected chi connectivity index (χ3v) is 3.39. The van der Waals surface area contributed by atoms with Crippen LogP contribution >= 0.6 is 11.6 Å². The molecular formula is C17H16ClNO5. The van der Waals surface area contributed by atoms with Crippen LogP contribution in [0.3, 0.4) is 0 Å². The first kappa shape index (κ1) is 17.6. The molecule has 1 amide bonds. The predicted octanol–water partition coefficient (Wildman–Crippen LogP) is 2.74. The summed E-state index contributed by atoms with van der Waals surface area (Å²) in [5.74, 6) is -1.02. The number of hydrogen-bond acceptors (Lipinski definition) is 4. The Kier molecular flexibility index (Phi) is 6.03. The van der Waals surface area contributed by atoms with E-state index in [0.29, 0.717) is 17.3 Å². The van der Waals surface area contributed by atoms with E-state index in [1.165, 1.54) is 25.3 Å². The smallest absolute Gasteiger partial charge is 0.339 e. The van der Waals surface area contributed by atoms with Crippen molar-refractivity contribution in [2.24, 2.45) is 0 Å². The molecule has 0 spiro atoms. The maximum atomic E-state index is 11.9. The van der Waals surface area contributed by atoms with E-state index < -0.39 is 5.97 Å². The van der Waals surface area contributed by atoms with Crippen molar-refractivity contribution in [1.82, 2.24) is 5.32 Å². The van der Waals surface area contributed by atoms with Crippen LogP contribution < -0.4 is 14.8 Å². The highest BCUT2D eigenvalue weighted by Gasteiger charge is 2.14. The Labute approximate surface area is 144 Å². The zero-order valence-corrected chi connectivity index (χ0v) is 13.7. The summed E-state index contributed by atoms with van der Waals surface area (Å²) in [5.41, 5.74) is 0.807. The molecular weight excluding hydrogens is 334 g/mol. The van der Waals surface area contributed by atoms with Crippen LogP contribution in [0.2, 0.25) is 5.02 Å². The normalized spacial score (nSPS) is 10.1. The first-order valence-corrected chi connectivity index (χ1v) is 7.42. The molecule has 0 unspecified atom stereocenters. The van der Waals surface area contributed by atoms with Gasteiger partial charge >= 0.3 is 5.97 Å². The van der Waals surface area contributed by atoms with Gasteiger partial charge in [-0.15, -0.1) is 0 Å². The van der Waals surface area contributed by atoms with Crippen LogP contribution in [0.15, 0.2) is 42.5 Å². The lowest BCUT2D eigenvalue weighted by molar-refractivity contribution is -0.123. The van der Waals surface area contributed by atoms with Gasteiger partial charge in [0.25, 0.3) is 5.91 Å². The summed E-state index contributed by atoms with van der Waals surface area (Å²) < 4.78 is 10.3. The topological polar surface area (TPSA) is 84.9 Å². The zero-order chi connectivity index (χ0) is 17.5. The van der Waals surface area contributed by atoms with Gasteiger partial charge in [0.2, 0.25) is 0 Å². The fraction of sp³-hybridized carbons (Fsp3) is 0.176. The number of carboxylic acid groups (broad SMARTS) is 1. The van der Waals surface area contributed by atoms with Crippen molar-refractivity contribution in [3.05, 3.63) is 58.6 Å². The van der Waals surface area contributed by atoms with Gasteiger partial charge in [0.1, 0.15) is 17.1 Å². The van der Waals surface area contributed by atoms with Gasteiger partial charge in [0.15, 0.2) is 6.61 Å². The second kappa shape index (κ2) is 8.21. The second-order valence-electron chi connectivity index (χ2n) is 4.86. The number of methoxy groups -OCH3 is 1. The third-order valence-electron chi connectivity index (χ3n) is 3.16. The number of hydrogen-bond donors (Lipinski definition) is 2. The van der Waals surface area contributed by atoms with Crippen molar-refractivity contribution in [3.8, 4) is 11.5 Å². The van der Waals surface area contributed by atoms with Crippen molar-refractivity contribution in [2.75, 3.05) is 13.7 Å². The van der Waals surface area contributed by atoms with Crippen molar-refractivity contribution in [1.29, 1.82) is 0 Å². The van der Waals surface area contributed by atoms with Crippen LogP contribution in [0.25, 0.3) is 0 Å². The number of benzene rings is 2. The minimum absolute atomic E-state index is 0.0431. The minimum atomic E-state index is -1.15. The fourth-order valence-electron chi connectivity index (χ4n) is 1.97. The van der Waals surface area contributed by atoms with Crippen LogP contribution in [0.5, 0.6) is 11.5 Å². The number of carboxylic acids is 1. The lowest BCUT2D eigenvalue weighted by atomic mass is 10.2. The monoisotopic (exact) mass is 349 g/mol. The molecule has 0 saturated heterocycles. The molecule has 24 heavy (non-hydrogen) atoms. The van der Waals surface area contributed by atoms with Gasteiger partial charge in [0, 0.05) is 17.6 Å². The zero-order valence-electron chi connectivity index (χ0n) is 12.9. The number of nitrogens with one attached hydrogen (secondary N) is 1. The summed E-state index contributed by atoms with van der Waals surface area (Å²) in [5, 5.41) is 12.4. The van der Waals surface area contributed by atoms with E-state index in [-0.39, 0.29) is 23.8 Å². The Hall–Kier alpha value is -2.73. The molecule has 0 aliphatic carbocycles. The summed E-state index contributed by atoms with van der Waals surface area (Å²) in [6.45, 7) is -0.0132. The highest BCUT2D eigenvalue weighted by atomic mass is 35.5. The summed E-state index contributed by atoms with van der Waals surface area (Å²) in [7, 11) is 1.46. The number of amides is 1. The van der Waals surface area contributed by atoms with Crippen LogP contribution in [-0.4, -0.2) is 30.7 Å². The quantitative estimate of drug-likeness (QED) is 0.802. The van der Waals surface area contributed by atoms with Crippen LogP contribution in [0.1, 0.15) is 15.9 Å². The summed E-state index contributed by atoms with van der Waals surface area (Å²) in [6, 6.07) is 11.4. The molecule has 2 aromatic rings. The van der Waals surface area contributed by atoms with E-state index in [1.807, 2.05) is 6.07 Å². The van der Waals surface area contributed by atoms with E-state index in [2.05, 4.69) is 5.32 Å². The number of halogens is 1. The minimum Gasteiger partial charge on any atom is -0.497 e. The van der Waals surface area contributed by atoms with Gasteiger partial charge in [-0.05, 0) is 29.8 Å². The molecule has 0 atom stereocenters. The maximum absolute atomic E-state index is 11.9. The van der Waals surface area contributed by atoms with E-state index in [0.717, 1.165) is 5.56 Å². The summed E-state index contributed by atoms with van der Waals surface area (Å²) in [6.07, 6.45) is 0. The largest absolute Gasteiger partial charge is 0.497 e. The predicted molar refractivity (Wildman–Crippen MR) is 88.7 cm³/mol. The number of carbonyl (C=O) groups excluding carboxylic acids is 1. The molecule has 0 fully saturated rings. The van der Waals surface area contributed by atoms with E-state index in [9.17, 15) is 9.59 Å². The number of rotatable bonds is 7. The van der Waals surface area contributed by atoms with Crippen LogP contribution in [-0.2, 0) is 11.3 Å². The van der Waals surface area contributed by atoms with Crippen molar-refractivity contribution in [2.45, 2.75) is 6.54 Å². The van der Waals surface area contributed by atoms with Crippen LogP contribution in [0, 0.1) is 0 Å². The average molecular weight is 350 g/mol. The van der Waals surface area contributed by atoms with E-state index in [4.69, 9.17) is 26.2 Å².